The molecule has 1 N–H and O–H groups in total. The smallest absolute Gasteiger partial charge is 0.180 e. The standard InChI is InChI=1S/C15H17ClN4/c1-9(2)13-10-5-7-17-8-12(10)19-15(20-13)14-11(16)4-3-6-18-14/h3-4,6,9,17H,5,7-8H2,1-2H3. The third kappa shape index (κ3) is 2.41. The number of fused-ring (bicyclic) bond motifs is 1. The van der Waals surface area contributed by atoms with Gasteiger partial charge in [-0.1, -0.05) is 25.4 Å². The van der Waals surface area contributed by atoms with Gasteiger partial charge in [-0.2, -0.15) is 0 Å². The molecule has 0 amide bonds. The van der Waals surface area contributed by atoms with Crippen LogP contribution in [0, 0.1) is 0 Å². The minimum absolute atomic E-state index is 0.367. The van der Waals surface area contributed by atoms with Crippen LogP contribution >= 0.6 is 11.6 Å². The van der Waals surface area contributed by atoms with Gasteiger partial charge >= 0.3 is 0 Å². The molecule has 0 saturated heterocycles. The van der Waals surface area contributed by atoms with Gasteiger partial charge in [-0.3, -0.25) is 4.98 Å². The number of rotatable bonds is 2. The summed E-state index contributed by atoms with van der Waals surface area (Å²) in [6.45, 7) is 6.09. The van der Waals surface area contributed by atoms with E-state index < -0.39 is 0 Å². The van der Waals surface area contributed by atoms with E-state index in [2.05, 4.69) is 29.1 Å². The molecule has 3 heterocycles. The van der Waals surface area contributed by atoms with Gasteiger partial charge in [0, 0.05) is 12.7 Å². The summed E-state index contributed by atoms with van der Waals surface area (Å²) >= 11 is 6.22. The van der Waals surface area contributed by atoms with Gasteiger partial charge in [0.25, 0.3) is 0 Å². The van der Waals surface area contributed by atoms with Crippen molar-refractivity contribution in [2.75, 3.05) is 6.54 Å². The van der Waals surface area contributed by atoms with E-state index in [9.17, 15) is 0 Å². The normalized spacial score (nSPS) is 14.4. The van der Waals surface area contributed by atoms with E-state index in [1.54, 1.807) is 6.20 Å². The zero-order valence-corrected chi connectivity index (χ0v) is 12.4. The van der Waals surface area contributed by atoms with Crippen molar-refractivity contribution in [3.8, 4) is 11.5 Å². The van der Waals surface area contributed by atoms with Crippen LogP contribution in [0.4, 0.5) is 0 Å². The van der Waals surface area contributed by atoms with Crippen molar-refractivity contribution in [1.82, 2.24) is 20.3 Å². The van der Waals surface area contributed by atoms with Gasteiger partial charge in [0.15, 0.2) is 5.82 Å². The molecule has 0 bridgehead atoms. The highest BCUT2D eigenvalue weighted by Crippen LogP contribution is 2.28. The first-order chi connectivity index (χ1) is 9.66. The van der Waals surface area contributed by atoms with Crippen LogP contribution in [-0.4, -0.2) is 21.5 Å². The third-order valence-corrected chi connectivity index (χ3v) is 3.79. The second-order valence-electron chi connectivity index (χ2n) is 5.27. The predicted molar refractivity (Wildman–Crippen MR) is 79.8 cm³/mol. The molecule has 3 rings (SSSR count). The number of nitrogens with one attached hydrogen (secondary N) is 1. The fourth-order valence-corrected chi connectivity index (χ4v) is 2.73. The summed E-state index contributed by atoms with van der Waals surface area (Å²) in [5, 5.41) is 3.95. The second kappa shape index (κ2) is 5.46. The van der Waals surface area contributed by atoms with E-state index in [1.807, 2.05) is 12.1 Å². The number of pyridine rings is 1. The Balaban J connectivity index is 2.18. The molecule has 1 aliphatic heterocycles. The molecular weight excluding hydrogens is 272 g/mol. The van der Waals surface area contributed by atoms with Crippen molar-refractivity contribution in [2.45, 2.75) is 32.7 Å². The number of nitrogens with zero attached hydrogens (tertiary/aromatic N) is 3. The van der Waals surface area contributed by atoms with Crippen molar-refractivity contribution >= 4 is 11.6 Å². The highest BCUT2D eigenvalue weighted by atomic mass is 35.5. The zero-order valence-electron chi connectivity index (χ0n) is 11.7. The summed E-state index contributed by atoms with van der Waals surface area (Å²) < 4.78 is 0. The van der Waals surface area contributed by atoms with Crippen LogP contribution in [-0.2, 0) is 13.0 Å². The minimum Gasteiger partial charge on any atom is -0.311 e. The van der Waals surface area contributed by atoms with Crippen molar-refractivity contribution < 1.29 is 0 Å². The fourth-order valence-electron chi connectivity index (χ4n) is 2.52. The Morgan fingerprint density at radius 3 is 2.90 bits per heavy atom. The lowest BCUT2D eigenvalue weighted by atomic mass is 9.97. The van der Waals surface area contributed by atoms with Crippen LogP contribution < -0.4 is 5.32 Å². The molecule has 5 heteroatoms. The van der Waals surface area contributed by atoms with E-state index in [1.165, 1.54) is 5.56 Å². The van der Waals surface area contributed by atoms with Gasteiger partial charge in [0.2, 0.25) is 0 Å². The lowest BCUT2D eigenvalue weighted by Crippen LogP contribution is -2.27. The maximum Gasteiger partial charge on any atom is 0.180 e. The zero-order chi connectivity index (χ0) is 14.1. The van der Waals surface area contributed by atoms with Gasteiger partial charge in [0.1, 0.15) is 5.69 Å². The van der Waals surface area contributed by atoms with Gasteiger partial charge in [-0.25, -0.2) is 9.97 Å². The summed E-state index contributed by atoms with van der Waals surface area (Å²) in [6, 6.07) is 3.63. The van der Waals surface area contributed by atoms with Gasteiger partial charge in [-0.15, -0.1) is 0 Å². The average Bonchev–Trinajstić information content (AvgIpc) is 2.46. The molecule has 0 atom stereocenters. The number of aromatic nitrogens is 3. The van der Waals surface area contributed by atoms with E-state index >= 15 is 0 Å². The van der Waals surface area contributed by atoms with E-state index in [-0.39, 0.29) is 0 Å². The van der Waals surface area contributed by atoms with Gasteiger partial charge in [0.05, 0.1) is 16.4 Å². The molecule has 2 aromatic heterocycles. The van der Waals surface area contributed by atoms with Crippen LogP contribution in [0.15, 0.2) is 18.3 Å². The average molecular weight is 289 g/mol. The van der Waals surface area contributed by atoms with Crippen molar-refractivity contribution in [3.63, 3.8) is 0 Å². The Labute approximate surface area is 123 Å². The van der Waals surface area contributed by atoms with E-state index in [4.69, 9.17) is 16.6 Å². The highest BCUT2D eigenvalue weighted by Gasteiger charge is 2.20. The van der Waals surface area contributed by atoms with Crippen LogP contribution in [0.3, 0.4) is 0 Å². The number of hydrogen-bond donors (Lipinski definition) is 1. The molecule has 2 aromatic rings. The second-order valence-corrected chi connectivity index (χ2v) is 5.68. The number of hydrogen-bond acceptors (Lipinski definition) is 4. The largest absolute Gasteiger partial charge is 0.311 e. The third-order valence-electron chi connectivity index (χ3n) is 3.49. The molecule has 0 radical (unpaired) electrons. The summed E-state index contributed by atoms with van der Waals surface area (Å²) in [6.07, 6.45) is 2.70. The first-order valence-corrected chi connectivity index (χ1v) is 7.26. The minimum atomic E-state index is 0.367. The Bertz CT molecular complexity index is 640. The van der Waals surface area contributed by atoms with Crippen LogP contribution in [0.25, 0.3) is 11.5 Å². The quantitative estimate of drug-likeness (QED) is 0.923. The molecular formula is C15H17ClN4. The molecule has 0 saturated carbocycles. The highest BCUT2D eigenvalue weighted by molar-refractivity contribution is 6.32. The van der Waals surface area contributed by atoms with Crippen LogP contribution in [0.1, 0.15) is 36.7 Å². The van der Waals surface area contributed by atoms with Gasteiger partial charge in [-0.05, 0) is 36.6 Å². The Morgan fingerprint density at radius 2 is 2.15 bits per heavy atom. The summed E-state index contributed by atoms with van der Waals surface area (Å²) in [7, 11) is 0. The first kappa shape index (κ1) is 13.5. The molecule has 104 valence electrons. The molecule has 20 heavy (non-hydrogen) atoms. The molecule has 0 unspecified atom stereocenters. The molecule has 1 aliphatic rings. The maximum absolute atomic E-state index is 6.22. The van der Waals surface area contributed by atoms with Crippen molar-refractivity contribution in [3.05, 3.63) is 40.3 Å². The predicted octanol–water partition coefficient (Wildman–Crippen LogP) is 2.96. The van der Waals surface area contributed by atoms with Gasteiger partial charge < -0.3 is 5.32 Å². The van der Waals surface area contributed by atoms with Crippen molar-refractivity contribution in [1.29, 1.82) is 0 Å². The summed E-state index contributed by atoms with van der Waals surface area (Å²) in [5.41, 5.74) is 4.14. The molecule has 0 fully saturated rings. The molecule has 4 nitrogen and oxygen atoms in total. The first-order valence-electron chi connectivity index (χ1n) is 6.88. The Hall–Kier alpha value is -1.52. The number of halogens is 1. The Kier molecular flexibility index (Phi) is 3.68. The van der Waals surface area contributed by atoms with E-state index in [0.717, 1.165) is 30.9 Å². The topological polar surface area (TPSA) is 50.7 Å². The molecule has 0 spiro atoms. The lowest BCUT2D eigenvalue weighted by Gasteiger charge is -2.21. The monoisotopic (exact) mass is 288 g/mol. The fraction of sp³-hybridized carbons (Fsp3) is 0.400. The SMILES string of the molecule is CC(C)c1nc(-c2ncccc2Cl)nc2c1CCNC2. The van der Waals surface area contributed by atoms with Crippen LogP contribution in [0.2, 0.25) is 5.02 Å². The molecule has 0 aromatic carbocycles. The summed E-state index contributed by atoms with van der Waals surface area (Å²) in [5.74, 6) is 0.993. The van der Waals surface area contributed by atoms with E-state index in [0.29, 0.717) is 22.5 Å². The lowest BCUT2D eigenvalue weighted by molar-refractivity contribution is 0.609. The summed E-state index contributed by atoms with van der Waals surface area (Å²) in [4.78, 5) is 13.7. The van der Waals surface area contributed by atoms with Crippen LogP contribution in [0.5, 0.6) is 0 Å². The van der Waals surface area contributed by atoms with Crippen molar-refractivity contribution in [2.24, 2.45) is 0 Å². The maximum atomic E-state index is 6.22. The Morgan fingerprint density at radius 1 is 1.30 bits per heavy atom. The molecule has 0 aliphatic carbocycles.